The first-order chi connectivity index (χ1) is 27.4. The molecule has 5 N–H and O–H groups in total. The first-order valence-corrected chi connectivity index (χ1v) is 18.2. The van der Waals surface area contributed by atoms with Gasteiger partial charge in [-0.25, -0.2) is 0 Å². The number of benzene rings is 9. The van der Waals surface area contributed by atoms with Crippen LogP contribution in [0.5, 0.6) is 28.7 Å². The lowest BCUT2D eigenvalue weighted by atomic mass is 9.85. The molecule has 0 aliphatic carbocycles. The molecule has 10 rings (SSSR count). The van der Waals surface area contributed by atoms with E-state index >= 15 is 0 Å². The van der Waals surface area contributed by atoms with Crippen LogP contribution >= 0.6 is 0 Å². The Bertz CT molecular complexity index is 3100. The molecule has 0 fully saturated rings. The third-order valence-electron chi connectivity index (χ3n) is 10.8. The second-order valence-corrected chi connectivity index (χ2v) is 14.0. The summed E-state index contributed by atoms with van der Waals surface area (Å²) in [7, 11) is 0. The molecule has 0 amide bonds. The van der Waals surface area contributed by atoms with Crippen LogP contribution < -0.4 is 0 Å². The van der Waals surface area contributed by atoms with E-state index in [0.717, 1.165) is 77.2 Å². The number of phenolic OH excluding ortho intramolecular Hbond substituents is 5. The fourth-order valence-corrected chi connectivity index (χ4v) is 8.17. The average Bonchev–Trinajstić information content (AvgIpc) is 3.63. The molecule has 1 aromatic heterocycles. The summed E-state index contributed by atoms with van der Waals surface area (Å²) >= 11 is 0. The Morgan fingerprint density at radius 3 is 1.38 bits per heavy atom. The highest BCUT2D eigenvalue weighted by Gasteiger charge is 2.28. The maximum atomic E-state index is 11.1. The lowest BCUT2D eigenvalue weighted by Crippen LogP contribution is -1.92. The highest BCUT2D eigenvalue weighted by atomic mass is 16.4. The fraction of sp³-hybridized carbons (Fsp3) is 0. The van der Waals surface area contributed by atoms with Crippen molar-refractivity contribution >= 4 is 43.5 Å². The molecule has 0 bridgehead atoms. The van der Waals surface area contributed by atoms with Gasteiger partial charge in [-0.2, -0.15) is 0 Å². The van der Waals surface area contributed by atoms with Gasteiger partial charge >= 0.3 is 0 Å². The summed E-state index contributed by atoms with van der Waals surface area (Å²) in [6.07, 6.45) is 0. The van der Waals surface area contributed by atoms with Gasteiger partial charge in [-0.15, -0.1) is 0 Å². The minimum Gasteiger partial charge on any atom is -0.504 e. The topological polar surface area (TPSA) is 114 Å². The molecule has 9 aromatic carbocycles. The van der Waals surface area contributed by atoms with Crippen molar-refractivity contribution in [3.05, 3.63) is 164 Å². The number of hydrogen-bond donors (Lipinski definition) is 5. The molecule has 0 unspecified atom stereocenters. The van der Waals surface area contributed by atoms with E-state index in [9.17, 15) is 25.5 Å². The molecule has 6 heteroatoms. The standard InChI is InChI=1S/C50H32O6/c51-45-44(46(52)48(54)49(55)47(45)53)43-36-20-9-7-18-34(36)42(35-19-8-10-21-37(35)43)32-22-23-41-39(25-32)40-27-33(26-38(50(40)56-41)29-14-5-2-6-15-29)31-17-11-16-30(24-31)28-12-3-1-4-13-28/h1-27,51-55H. The van der Waals surface area contributed by atoms with Crippen molar-refractivity contribution in [2.75, 3.05) is 0 Å². The zero-order chi connectivity index (χ0) is 38.1. The van der Waals surface area contributed by atoms with Crippen molar-refractivity contribution in [2.45, 2.75) is 0 Å². The molecular weight excluding hydrogens is 697 g/mol. The Morgan fingerprint density at radius 1 is 0.286 bits per heavy atom. The molecule has 0 saturated heterocycles. The average molecular weight is 729 g/mol. The van der Waals surface area contributed by atoms with Crippen LogP contribution in [0.15, 0.2) is 168 Å². The summed E-state index contributed by atoms with van der Waals surface area (Å²) in [5.74, 6) is -4.34. The quantitative estimate of drug-likeness (QED) is 0.0685. The number of aromatic hydroxyl groups is 5. The van der Waals surface area contributed by atoms with E-state index in [1.54, 1.807) is 0 Å². The molecule has 6 nitrogen and oxygen atoms in total. The predicted octanol–water partition coefficient (Wildman–Crippen LogP) is 12.8. The summed E-state index contributed by atoms with van der Waals surface area (Å²) in [6.45, 7) is 0. The largest absolute Gasteiger partial charge is 0.504 e. The van der Waals surface area contributed by atoms with Crippen LogP contribution in [-0.4, -0.2) is 25.5 Å². The van der Waals surface area contributed by atoms with Gasteiger partial charge in [0.2, 0.25) is 17.2 Å². The maximum Gasteiger partial charge on any atom is 0.208 e. The van der Waals surface area contributed by atoms with E-state index in [0.29, 0.717) is 16.3 Å². The van der Waals surface area contributed by atoms with Crippen LogP contribution in [0.25, 0.3) is 99.1 Å². The van der Waals surface area contributed by atoms with Crippen molar-refractivity contribution in [2.24, 2.45) is 0 Å². The molecular formula is C50H32O6. The van der Waals surface area contributed by atoms with Crippen molar-refractivity contribution in [3.63, 3.8) is 0 Å². The smallest absolute Gasteiger partial charge is 0.208 e. The van der Waals surface area contributed by atoms with Crippen LogP contribution in [-0.2, 0) is 0 Å². The zero-order valence-corrected chi connectivity index (χ0v) is 29.7. The summed E-state index contributed by atoms with van der Waals surface area (Å²) in [5.41, 5.74) is 10.0. The molecule has 56 heavy (non-hydrogen) atoms. The molecule has 0 radical (unpaired) electrons. The molecule has 0 atom stereocenters. The van der Waals surface area contributed by atoms with Gasteiger partial charge in [-0.05, 0) is 90.8 Å². The van der Waals surface area contributed by atoms with E-state index in [1.165, 1.54) is 0 Å². The number of furan rings is 1. The Kier molecular flexibility index (Phi) is 7.47. The van der Waals surface area contributed by atoms with Gasteiger partial charge in [0.25, 0.3) is 0 Å². The lowest BCUT2D eigenvalue weighted by molar-refractivity contribution is 0.330. The molecule has 10 aromatic rings. The lowest BCUT2D eigenvalue weighted by Gasteiger charge is -2.20. The second-order valence-electron chi connectivity index (χ2n) is 14.0. The summed E-state index contributed by atoms with van der Waals surface area (Å²) in [5, 5.41) is 58.4. The van der Waals surface area contributed by atoms with Crippen LogP contribution in [0.4, 0.5) is 0 Å². The van der Waals surface area contributed by atoms with Gasteiger partial charge in [0.15, 0.2) is 11.5 Å². The number of fused-ring (bicyclic) bond motifs is 5. The maximum absolute atomic E-state index is 11.1. The van der Waals surface area contributed by atoms with Crippen LogP contribution in [0.3, 0.4) is 0 Å². The molecule has 0 saturated carbocycles. The number of hydrogen-bond acceptors (Lipinski definition) is 6. The van der Waals surface area contributed by atoms with Crippen molar-refractivity contribution < 1.29 is 29.9 Å². The highest BCUT2D eigenvalue weighted by Crippen LogP contribution is 2.58. The predicted molar refractivity (Wildman–Crippen MR) is 224 cm³/mol. The van der Waals surface area contributed by atoms with E-state index in [-0.39, 0.29) is 5.56 Å². The van der Waals surface area contributed by atoms with Gasteiger partial charge in [0.05, 0.1) is 5.56 Å². The van der Waals surface area contributed by atoms with E-state index in [2.05, 4.69) is 66.7 Å². The summed E-state index contributed by atoms with van der Waals surface area (Å²) in [4.78, 5) is 0. The van der Waals surface area contributed by atoms with E-state index in [1.807, 2.05) is 97.1 Å². The third-order valence-corrected chi connectivity index (χ3v) is 10.8. The monoisotopic (exact) mass is 728 g/mol. The summed E-state index contributed by atoms with van der Waals surface area (Å²) in [6, 6.07) is 55.0. The minimum atomic E-state index is -1.00. The van der Waals surface area contributed by atoms with Crippen LogP contribution in [0.1, 0.15) is 0 Å². The first kappa shape index (κ1) is 32.9. The van der Waals surface area contributed by atoms with Gasteiger partial charge in [-0.3, -0.25) is 0 Å². The SMILES string of the molecule is Oc1c(O)c(O)c(-c2c3ccccc3c(-c3ccc4oc5c(-c6ccccc6)cc(-c6cccc(-c7ccccc7)c6)cc5c4c3)c3ccccc23)c(O)c1O. The van der Waals surface area contributed by atoms with Gasteiger partial charge in [-0.1, -0.05) is 133 Å². The normalized spacial score (nSPS) is 11.6. The van der Waals surface area contributed by atoms with Crippen molar-refractivity contribution in [1.82, 2.24) is 0 Å². The molecule has 268 valence electrons. The highest BCUT2D eigenvalue weighted by molar-refractivity contribution is 6.23. The van der Waals surface area contributed by atoms with Gasteiger partial charge in [0.1, 0.15) is 11.2 Å². The molecule has 1 heterocycles. The Labute approximate surface area is 320 Å². The Hall–Kier alpha value is -7.70. The van der Waals surface area contributed by atoms with E-state index < -0.39 is 28.7 Å². The summed E-state index contributed by atoms with van der Waals surface area (Å²) < 4.78 is 6.70. The number of phenols is 5. The minimum absolute atomic E-state index is 0.190. The molecule has 0 aliphatic heterocycles. The van der Waals surface area contributed by atoms with Crippen molar-refractivity contribution in [1.29, 1.82) is 0 Å². The number of rotatable bonds is 5. The van der Waals surface area contributed by atoms with Crippen LogP contribution in [0, 0.1) is 0 Å². The van der Waals surface area contributed by atoms with Gasteiger partial charge < -0.3 is 29.9 Å². The molecule has 0 spiro atoms. The van der Waals surface area contributed by atoms with Crippen molar-refractivity contribution in [3.8, 4) is 84.4 Å². The van der Waals surface area contributed by atoms with Crippen LogP contribution in [0.2, 0.25) is 0 Å². The fourth-order valence-electron chi connectivity index (χ4n) is 8.17. The first-order valence-electron chi connectivity index (χ1n) is 18.2. The zero-order valence-electron chi connectivity index (χ0n) is 29.7. The second kappa shape index (κ2) is 12.7. The van der Waals surface area contributed by atoms with Gasteiger partial charge in [0, 0.05) is 21.9 Å². The van der Waals surface area contributed by atoms with E-state index in [4.69, 9.17) is 4.42 Å². The Morgan fingerprint density at radius 2 is 0.768 bits per heavy atom. The Balaban J connectivity index is 1.25. The molecule has 0 aliphatic rings. The third kappa shape index (κ3) is 5.04.